The molecule has 0 radical (unpaired) electrons. The third kappa shape index (κ3) is 5.72. The molecule has 1 atom stereocenters. The molecule has 0 aromatic heterocycles. The molecular weight excluding hydrogens is 254 g/mol. The summed E-state index contributed by atoms with van der Waals surface area (Å²) in [6.07, 6.45) is 2.70. The van der Waals surface area contributed by atoms with Gasteiger partial charge in [-0.15, -0.1) is 0 Å². The van der Waals surface area contributed by atoms with E-state index >= 15 is 0 Å². The van der Waals surface area contributed by atoms with E-state index < -0.39 is 6.04 Å². The number of nitrogens with one attached hydrogen (secondary N) is 1. The molecule has 1 aromatic carbocycles. The maximum absolute atomic E-state index is 11.8. The molecular formula is C15H21N3O2. The van der Waals surface area contributed by atoms with Crippen molar-refractivity contribution in [2.24, 2.45) is 5.73 Å². The van der Waals surface area contributed by atoms with Crippen LogP contribution in [-0.4, -0.2) is 18.6 Å². The highest BCUT2D eigenvalue weighted by Gasteiger charge is 2.12. The number of amides is 1. The molecule has 1 rings (SSSR count). The molecule has 1 amide bonds. The largest absolute Gasteiger partial charge is 0.493 e. The number of carbonyl (C=O) groups excluding carboxylic acids is 1. The fourth-order valence-corrected chi connectivity index (χ4v) is 1.68. The van der Waals surface area contributed by atoms with Crippen molar-refractivity contribution in [1.82, 2.24) is 0 Å². The molecule has 3 N–H and O–H groups in total. The normalized spacial score (nSPS) is 11.4. The highest BCUT2D eigenvalue weighted by Crippen LogP contribution is 2.18. The average molecular weight is 275 g/mol. The molecule has 20 heavy (non-hydrogen) atoms. The number of hydrogen-bond donors (Lipinski definition) is 2. The third-order valence-electron chi connectivity index (χ3n) is 2.74. The zero-order valence-corrected chi connectivity index (χ0v) is 11.8. The predicted molar refractivity (Wildman–Crippen MR) is 78.3 cm³/mol. The van der Waals surface area contributed by atoms with Gasteiger partial charge in [-0.3, -0.25) is 4.79 Å². The first-order chi connectivity index (χ1) is 9.67. The first-order valence-electron chi connectivity index (χ1n) is 6.83. The number of carbonyl (C=O) groups is 1. The van der Waals surface area contributed by atoms with E-state index in [0.29, 0.717) is 37.3 Å². The Balaban J connectivity index is 2.51. The van der Waals surface area contributed by atoms with Crippen LogP contribution >= 0.6 is 0 Å². The summed E-state index contributed by atoms with van der Waals surface area (Å²) in [6, 6.07) is 8.74. The van der Waals surface area contributed by atoms with Crippen LogP contribution in [0.25, 0.3) is 0 Å². The molecule has 5 heteroatoms. The van der Waals surface area contributed by atoms with Crippen molar-refractivity contribution in [3.63, 3.8) is 0 Å². The molecule has 0 saturated heterocycles. The van der Waals surface area contributed by atoms with Gasteiger partial charge in [0.15, 0.2) is 0 Å². The summed E-state index contributed by atoms with van der Waals surface area (Å²) in [4.78, 5) is 11.8. The number of nitriles is 1. The van der Waals surface area contributed by atoms with Crippen molar-refractivity contribution in [2.45, 2.75) is 38.6 Å². The molecule has 1 unspecified atom stereocenters. The van der Waals surface area contributed by atoms with Crippen molar-refractivity contribution >= 4 is 11.6 Å². The standard InChI is InChI=1S/C15H21N3O2/c1-2-6-14(17)15(19)18-12-7-5-8-13(11-12)20-10-4-3-9-16/h5,7-8,11,14H,2-4,6,10,17H2,1H3,(H,18,19). The van der Waals surface area contributed by atoms with Crippen LogP contribution in [0.15, 0.2) is 24.3 Å². The topological polar surface area (TPSA) is 88.1 Å². The SMILES string of the molecule is CCCC(N)C(=O)Nc1cccc(OCCCC#N)c1. The Kier molecular flexibility index (Phi) is 7.15. The zero-order valence-electron chi connectivity index (χ0n) is 11.8. The van der Waals surface area contributed by atoms with Gasteiger partial charge in [-0.05, 0) is 25.0 Å². The minimum atomic E-state index is -0.486. The van der Waals surface area contributed by atoms with Gasteiger partial charge < -0.3 is 15.8 Å². The molecule has 0 saturated carbocycles. The highest BCUT2D eigenvalue weighted by atomic mass is 16.5. The van der Waals surface area contributed by atoms with Crippen LogP contribution < -0.4 is 15.8 Å². The van der Waals surface area contributed by atoms with Gasteiger partial charge in [0, 0.05) is 18.2 Å². The summed E-state index contributed by atoms with van der Waals surface area (Å²) in [6.45, 7) is 2.48. The second kappa shape index (κ2) is 8.94. The Bertz CT molecular complexity index is 468. The van der Waals surface area contributed by atoms with Crippen LogP contribution in [-0.2, 0) is 4.79 Å². The van der Waals surface area contributed by atoms with Gasteiger partial charge in [0.2, 0.25) is 5.91 Å². The second-order valence-corrected chi connectivity index (χ2v) is 4.52. The number of anilines is 1. The van der Waals surface area contributed by atoms with Crippen molar-refractivity contribution in [3.05, 3.63) is 24.3 Å². The van der Waals surface area contributed by atoms with Crippen LogP contribution in [0, 0.1) is 11.3 Å². The van der Waals surface area contributed by atoms with Gasteiger partial charge in [0.1, 0.15) is 5.75 Å². The van der Waals surface area contributed by atoms with E-state index in [1.54, 1.807) is 18.2 Å². The fourth-order valence-electron chi connectivity index (χ4n) is 1.68. The molecule has 0 aliphatic heterocycles. The second-order valence-electron chi connectivity index (χ2n) is 4.52. The number of nitrogens with two attached hydrogens (primary N) is 1. The molecule has 5 nitrogen and oxygen atoms in total. The number of rotatable bonds is 8. The first-order valence-corrected chi connectivity index (χ1v) is 6.83. The van der Waals surface area contributed by atoms with Crippen LogP contribution in [0.4, 0.5) is 5.69 Å². The van der Waals surface area contributed by atoms with E-state index in [1.807, 2.05) is 13.0 Å². The van der Waals surface area contributed by atoms with Crippen LogP contribution in [0.2, 0.25) is 0 Å². The van der Waals surface area contributed by atoms with E-state index in [1.165, 1.54) is 0 Å². The van der Waals surface area contributed by atoms with Crippen molar-refractivity contribution in [1.29, 1.82) is 5.26 Å². The number of nitrogens with zero attached hydrogens (tertiary/aromatic N) is 1. The van der Waals surface area contributed by atoms with E-state index in [4.69, 9.17) is 15.7 Å². The van der Waals surface area contributed by atoms with E-state index in [0.717, 1.165) is 6.42 Å². The van der Waals surface area contributed by atoms with Gasteiger partial charge in [-0.2, -0.15) is 5.26 Å². The van der Waals surface area contributed by atoms with Crippen molar-refractivity contribution < 1.29 is 9.53 Å². The fraction of sp³-hybridized carbons (Fsp3) is 0.467. The Morgan fingerprint density at radius 1 is 1.55 bits per heavy atom. The van der Waals surface area contributed by atoms with Crippen LogP contribution in [0.3, 0.4) is 0 Å². The molecule has 0 bridgehead atoms. The molecule has 108 valence electrons. The molecule has 0 aliphatic rings. The lowest BCUT2D eigenvalue weighted by atomic mass is 10.1. The Hall–Kier alpha value is -2.06. The van der Waals surface area contributed by atoms with Crippen LogP contribution in [0.5, 0.6) is 5.75 Å². The number of ether oxygens (including phenoxy) is 1. The van der Waals surface area contributed by atoms with E-state index in [2.05, 4.69) is 11.4 Å². The Morgan fingerprint density at radius 2 is 2.35 bits per heavy atom. The van der Waals surface area contributed by atoms with Crippen molar-refractivity contribution in [2.75, 3.05) is 11.9 Å². The summed E-state index contributed by atoms with van der Waals surface area (Å²) in [5, 5.41) is 11.2. The average Bonchev–Trinajstić information content (AvgIpc) is 2.44. The lowest BCUT2D eigenvalue weighted by Crippen LogP contribution is -2.35. The summed E-state index contributed by atoms with van der Waals surface area (Å²) >= 11 is 0. The van der Waals surface area contributed by atoms with Gasteiger partial charge in [-0.1, -0.05) is 19.4 Å². The quantitative estimate of drug-likeness (QED) is 0.713. The zero-order chi connectivity index (χ0) is 14.8. The van der Waals surface area contributed by atoms with Gasteiger partial charge >= 0.3 is 0 Å². The summed E-state index contributed by atoms with van der Waals surface area (Å²) < 4.78 is 5.50. The number of hydrogen-bond acceptors (Lipinski definition) is 4. The summed E-state index contributed by atoms with van der Waals surface area (Å²) in [5.41, 5.74) is 6.42. The lowest BCUT2D eigenvalue weighted by Gasteiger charge is -2.12. The summed E-state index contributed by atoms with van der Waals surface area (Å²) in [7, 11) is 0. The molecule has 0 aliphatic carbocycles. The maximum Gasteiger partial charge on any atom is 0.241 e. The van der Waals surface area contributed by atoms with Crippen molar-refractivity contribution in [3.8, 4) is 11.8 Å². The smallest absolute Gasteiger partial charge is 0.241 e. The number of unbranched alkanes of at least 4 members (excludes halogenated alkanes) is 1. The van der Waals surface area contributed by atoms with Gasteiger partial charge in [0.25, 0.3) is 0 Å². The van der Waals surface area contributed by atoms with E-state index in [-0.39, 0.29) is 5.91 Å². The molecule has 1 aromatic rings. The van der Waals surface area contributed by atoms with E-state index in [9.17, 15) is 4.79 Å². The van der Waals surface area contributed by atoms with Crippen LogP contribution in [0.1, 0.15) is 32.6 Å². The third-order valence-corrected chi connectivity index (χ3v) is 2.74. The molecule has 0 heterocycles. The van der Waals surface area contributed by atoms with Gasteiger partial charge in [0.05, 0.1) is 18.7 Å². The summed E-state index contributed by atoms with van der Waals surface area (Å²) in [5.74, 6) is 0.485. The molecule has 0 spiro atoms. The molecule has 0 fully saturated rings. The monoisotopic (exact) mass is 275 g/mol. The Morgan fingerprint density at radius 3 is 3.05 bits per heavy atom. The lowest BCUT2D eigenvalue weighted by molar-refractivity contribution is -0.117. The minimum absolute atomic E-state index is 0.187. The number of benzene rings is 1. The first kappa shape index (κ1) is 16.0. The predicted octanol–water partition coefficient (Wildman–Crippen LogP) is 2.44. The van der Waals surface area contributed by atoms with Gasteiger partial charge in [-0.25, -0.2) is 0 Å². The highest BCUT2D eigenvalue weighted by molar-refractivity contribution is 5.94. The Labute approximate surface area is 119 Å². The maximum atomic E-state index is 11.8. The minimum Gasteiger partial charge on any atom is -0.493 e.